The van der Waals surface area contributed by atoms with E-state index in [1.54, 1.807) is 24.0 Å². The lowest BCUT2D eigenvalue weighted by Crippen LogP contribution is -1.96. The minimum atomic E-state index is 0.541. The van der Waals surface area contributed by atoms with Gasteiger partial charge in [-0.2, -0.15) is 11.8 Å². The molecule has 54 valence electrons. The van der Waals surface area contributed by atoms with E-state index in [-0.39, 0.29) is 0 Å². The Kier molecular flexibility index (Phi) is 2.50. The van der Waals surface area contributed by atoms with Crippen molar-refractivity contribution in [1.29, 1.82) is 0 Å². The highest BCUT2D eigenvalue weighted by Gasteiger charge is 1.93. The molecule has 0 bridgehead atoms. The fourth-order valence-corrected chi connectivity index (χ4v) is 1.01. The highest BCUT2D eigenvalue weighted by molar-refractivity contribution is 7.97. The van der Waals surface area contributed by atoms with Gasteiger partial charge in [-0.3, -0.25) is 0 Å². The van der Waals surface area contributed by atoms with E-state index in [0.29, 0.717) is 5.82 Å². The van der Waals surface area contributed by atoms with Gasteiger partial charge in [0.25, 0.3) is 0 Å². The molecule has 10 heavy (non-hydrogen) atoms. The molecule has 0 fully saturated rings. The van der Waals surface area contributed by atoms with Crippen molar-refractivity contribution >= 4 is 17.6 Å². The maximum Gasteiger partial charge on any atom is 0.140 e. The van der Waals surface area contributed by atoms with Gasteiger partial charge in [-0.05, 0) is 12.3 Å². The van der Waals surface area contributed by atoms with E-state index in [1.165, 1.54) is 0 Å². The number of nitrogen functional groups attached to an aromatic ring is 1. The standard InChI is InChI=1S/C6H9N3S/c1-10-4-6-8-3-2-5(7)9-6/h2-3H,4H2,1H3,(H2,7,8,9). The van der Waals surface area contributed by atoms with Gasteiger partial charge in [0.1, 0.15) is 11.6 Å². The van der Waals surface area contributed by atoms with Crippen molar-refractivity contribution in [3.05, 3.63) is 18.1 Å². The first-order chi connectivity index (χ1) is 4.83. The van der Waals surface area contributed by atoms with E-state index in [9.17, 15) is 0 Å². The lowest BCUT2D eigenvalue weighted by Gasteiger charge is -1.95. The SMILES string of the molecule is CSCc1nccc(N)n1. The van der Waals surface area contributed by atoms with Crippen LogP contribution in [-0.2, 0) is 5.75 Å². The molecule has 0 aliphatic rings. The normalized spacial score (nSPS) is 9.70. The van der Waals surface area contributed by atoms with Crippen molar-refractivity contribution in [2.75, 3.05) is 12.0 Å². The number of nitrogens with two attached hydrogens (primary N) is 1. The predicted octanol–water partition coefficient (Wildman–Crippen LogP) is 0.922. The summed E-state index contributed by atoms with van der Waals surface area (Å²) in [5.74, 6) is 2.16. The minimum Gasteiger partial charge on any atom is -0.384 e. The molecular formula is C6H9N3S. The highest BCUT2D eigenvalue weighted by atomic mass is 32.2. The van der Waals surface area contributed by atoms with Crippen LogP contribution >= 0.6 is 11.8 Å². The summed E-state index contributed by atoms with van der Waals surface area (Å²) in [6.45, 7) is 0. The summed E-state index contributed by atoms with van der Waals surface area (Å²) in [5, 5.41) is 0. The van der Waals surface area contributed by atoms with E-state index in [1.807, 2.05) is 6.26 Å². The minimum absolute atomic E-state index is 0.541. The van der Waals surface area contributed by atoms with Crippen LogP contribution in [0.4, 0.5) is 5.82 Å². The first-order valence-electron chi connectivity index (χ1n) is 2.89. The monoisotopic (exact) mass is 155 g/mol. The number of aromatic nitrogens is 2. The predicted molar refractivity (Wildman–Crippen MR) is 43.7 cm³/mol. The molecule has 0 amide bonds. The lowest BCUT2D eigenvalue weighted by atomic mass is 10.5. The summed E-state index contributed by atoms with van der Waals surface area (Å²) < 4.78 is 0. The largest absolute Gasteiger partial charge is 0.384 e. The van der Waals surface area contributed by atoms with Crippen LogP contribution in [0, 0.1) is 0 Å². The van der Waals surface area contributed by atoms with E-state index >= 15 is 0 Å². The summed E-state index contributed by atoms with van der Waals surface area (Å²) in [4.78, 5) is 8.03. The number of hydrogen-bond donors (Lipinski definition) is 1. The van der Waals surface area contributed by atoms with E-state index < -0.39 is 0 Å². The van der Waals surface area contributed by atoms with Gasteiger partial charge in [-0.25, -0.2) is 9.97 Å². The van der Waals surface area contributed by atoms with Crippen molar-refractivity contribution in [3.8, 4) is 0 Å². The average molecular weight is 155 g/mol. The molecule has 4 heteroatoms. The molecule has 1 aromatic heterocycles. The van der Waals surface area contributed by atoms with Gasteiger partial charge in [-0.1, -0.05) is 0 Å². The summed E-state index contributed by atoms with van der Waals surface area (Å²) in [5.41, 5.74) is 5.43. The van der Waals surface area contributed by atoms with Gasteiger partial charge in [0.2, 0.25) is 0 Å². The Morgan fingerprint density at radius 1 is 1.70 bits per heavy atom. The fourth-order valence-electron chi connectivity index (χ4n) is 0.613. The Bertz CT molecular complexity index is 214. The van der Waals surface area contributed by atoms with Crippen LogP contribution in [0.3, 0.4) is 0 Å². The highest BCUT2D eigenvalue weighted by Crippen LogP contribution is 2.03. The first kappa shape index (κ1) is 7.34. The second-order valence-corrected chi connectivity index (χ2v) is 2.70. The van der Waals surface area contributed by atoms with Crippen LogP contribution in [0.15, 0.2) is 12.3 Å². The maximum absolute atomic E-state index is 5.43. The Balaban J connectivity index is 2.75. The molecule has 1 rings (SSSR count). The molecule has 0 radical (unpaired) electrons. The third kappa shape index (κ3) is 1.88. The zero-order chi connectivity index (χ0) is 7.40. The molecule has 0 saturated carbocycles. The summed E-state index contributed by atoms with van der Waals surface area (Å²) in [7, 11) is 0. The molecule has 0 aliphatic heterocycles. The number of rotatable bonds is 2. The average Bonchev–Trinajstić information content (AvgIpc) is 1.88. The Hall–Kier alpha value is -0.770. The van der Waals surface area contributed by atoms with Crippen molar-refractivity contribution in [2.45, 2.75) is 5.75 Å². The van der Waals surface area contributed by atoms with E-state index in [0.717, 1.165) is 11.6 Å². The van der Waals surface area contributed by atoms with Crippen molar-refractivity contribution in [2.24, 2.45) is 0 Å². The smallest absolute Gasteiger partial charge is 0.140 e. The topological polar surface area (TPSA) is 51.8 Å². The molecule has 1 heterocycles. The Morgan fingerprint density at radius 3 is 3.10 bits per heavy atom. The van der Waals surface area contributed by atoms with Gasteiger partial charge in [0.05, 0.1) is 5.75 Å². The molecule has 0 unspecified atom stereocenters. The second-order valence-electron chi connectivity index (χ2n) is 1.83. The van der Waals surface area contributed by atoms with Crippen molar-refractivity contribution < 1.29 is 0 Å². The number of nitrogens with zero attached hydrogens (tertiary/aromatic N) is 2. The molecule has 0 spiro atoms. The molecule has 0 aromatic carbocycles. The summed E-state index contributed by atoms with van der Waals surface area (Å²) in [6.07, 6.45) is 3.68. The van der Waals surface area contributed by atoms with Crippen molar-refractivity contribution in [3.63, 3.8) is 0 Å². The Labute approximate surface area is 64.1 Å². The van der Waals surface area contributed by atoms with Crippen molar-refractivity contribution in [1.82, 2.24) is 9.97 Å². The zero-order valence-electron chi connectivity index (χ0n) is 5.74. The number of anilines is 1. The van der Waals surface area contributed by atoms with Crippen LogP contribution in [0.2, 0.25) is 0 Å². The van der Waals surface area contributed by atoms with Crippen LogP contribution in [0.25, 0.3) is 0 Å². The number of hydrogen-bond acceptors (Lipinski definition) is 4. The van der Waals surface area contributed by atoms with Gasteiger partial charge in [0, 0.05) is 6.20 Å². The van der Waals surface area contributed by atoms with Crippen LogP contribution in [-0.4, -0.2) is 16.2 Å². The van der Waals surface area contributed by atoms with Crippen LogP contribution in [0.1, 0.15) is 5.82 Å². The summed E-state index contributed by atoms with van der Waals surface area (Å²) in [6, 6.07) is 1.68. The van der Waals surface area contributed by atoms with Crippen LogP contribution < -0.4 is 5.73 Å². The summed E-state index contributed by atoms with van der Waals surface area (Å²) >= 11 is 1.68. The molecule has 3 nitrogen and oxygen atoms in total. The lowest BCUT2D eigenvalue weighted by molar-refractivity contribution is 1.04. The first-order valence-corrected chi connectivity index (χ1v) is 4.28. The molecular weight excluding hydrogens is 146 g/mol. The molecule has 0 atom stereocenters. The van der Waals surface area contributed by atoms with Gasteiger partial charge in [-0.15, -0.1) is 0 Å². The van der Waals surface area contributed by atoms with E-state index in [4.69, 9.17) is 5.73 Å². The van der Waals surface area contributed by atoms with Gasteiger partial charge >= 0.3 is 0 Å². The zero-order valence-corrected chi connectivity index (χ0v) is 6.56. The third-order valence-electron chi connectivity index (χ3n) is 1.00. The molecule has 2 N–H and O–H groups in total. The quantitative estimate of drug-likeness (QED) is 0.690. The number of thioether (sulfide) groups is 1. The van der Waals surface area contributed by atoms with Crippen LogP contribution in [0.5, 0.6) is 0 Å². The molecule has 1 aromatic rings. The third-order valence-corrected chi connectivity index (χ3v) is 1.55. The molecule has 0 saturated heterocycles. The van der Waals surface area contributed by atoms with Gasteiger partial charge in [0.15, 0.2) is 0 Å². The maximum atomic E-state index is 5.43. The van der Waals surface area contributed by atoms with E-state index in [2.05, 4.69) is 9.97 Å². The fraction of sp³-hybridized carbons (Fsp3) is 0.333. The second kappa shape index (κ2) is 3.41. The van der Waals surface area contributed by atoms with Gasteiger partial charge < -0.3 is 5.73 Å². The molecule has 0 aliphatic carbocycles. The Morgan fingerprint density at radius 2 is 2.50 bits per heavy atom.